The number of hydrogen-bond acceptors (Lipinski definition) is 6. The average molecular weight is 346 g/mol. The van der Waals surface area contributed by atoms with Crippen molar-refractivity contribution >= 4 is 20.3 Å². The Kier molecular flexibility index (Phi) is 4.43. The number of esters is 1. The number of carbonyl (C=O) groups excluding carboxylic acids is 1. The standard InChI is InChI=1S/C15H26O7Si/c1-14(2,3)23(6,7)22-13-10-9(20-15(4,5)21-10)8(11(16)17)12(18)19-13/h8-10,13H,1-7H3,(H,16,17)/t8-,9+,10+,13+/m1/s1. The Hall–Kier alpha value is -0.963. The Morgan fingerprint density at radius 2 is 1.74 bits per heavy atom. The molecule has 0 aliphatic carbocycles. The zero-order valence-electron chi connectivity index (χ0n) is 14.7. The van der Waals surface area contributed by atoms with Crippen LogP contribution in [-0.2, 0) is 28.2 Å². The topological polar surface area (TPSA) is 91.3 Å². The summed E-state index contributed by atoms with van der Waals surface area (Å²) in [6.07, 6.45) is -2.62. The molecule has 0 radical (unpaired) electrons. The zero-order valence-corrected chi connectivity index (χ0v) is 15.7. The molecule has 0 unspecified atom stereocenters. The first-order valence-electron chi connectivity index (χ1n) is 7.72. The van der Waals surface area contributed by atoms with E-state index in [-0.39, 0.29) is 5.04 Å². The quantitative estimate of drug-likeness (QED) is 0.475. The number of ether oxygens (including phenoxy) is 3. The maximum atomic E-state index is 12.1. The van der Waals surface area contributed by atoms with E-state index in [0.717, 1.165) is 0 Å². The van der Waals surface area contributed by atoms with Crippen LogP contribution in [0.5, 0.6) is 0 Å². The summed E-state index contributed by atoms with van der Waals surface area (Å²) in [6, 6.07) is 0. The highest BCUT2D eigenvalue weighted by molar-refractivity contribution is 6.74. The molecule has 0 bridgehead atoms. The van der Waals surface area contributed by atoms with E-state index in [2.05, 4.69) is 20.8 Å². The molecule has 2 heterocycles. The number of carboxylic acids is 1. The lowest BCUT2D eigenvalue weighted by Crippen LogP contribution is -2.58. The maximum Gasteiger partial charge on any atom is 0.325 e. The van der Waals surface area contributed by atoms with Crippen molar-refractivity contribution in [1.82, 2.24) is 0 Å². The molecule has 2 aliphatic heterocycles. The van der Waals surface area contributed by atoms with E-state index in [1.165, 1.54) is 0 Å². The number of fused-ring (bicyclic) bond motifs is 1. The molecule has 0 saturated carbocycles. The normalized spacial score (nSPS) is 34.0. The van der Waals surface area contributed by atoms with Crippen LogP contribution in [0.1, 0.15) is 34.6 Å². The molecule has 2 saturated heterocycles. The van der Waals surface area contributed by atoms with Crippen molar-refractivity contribution in [2.75, 3.05) is 0 Å². The predicted molar refractivity (Wildman–Crippen MR) is 83.1 cm³/mol. The molecule has 1 N–H and O–H groups in total. The Morgan fingerprint density at radius 3 is 2.22 bits per heavy atom. The smallest absolute Gasteiger partial charge is 0.325 e. The molecule has 0 aromatic carbocycles. The molecule has 2 fully saturated rings. The molecule has 0 spiro atoms. The highest BCUT2D eigenvalue weighted by Crippen LogP contribution is 2.43. The second-order valence-electron chi connectivity index (χ2n) is 8.06. The minimum Gasteiger partial charge on any atom is -0.481 e. The molecule has 0 aromatic heterocycles. The summed E-state index contributed by atoms with van der Waals surface area (Å²) in [4.78, 5) is 23.5. The number of cyclic esters (lactones) is 1. The molecule has 23 heavy (non-hydrogen) atoms. The largest absolute Gasteiger partial charge is 0.481 e. The third-order valence-corrected chi connectivity index (χ3v) is 9.16. The van der Waals surface area contributed by atoms with E-state index >= 15 is 0 Å². The lowest BCUT2D eigenvalue weighted by molar-refractivity contribution is -0.215. The van der Waals surface area contributed by atoms with E-state index in [0.29, 0.717) is 0 Å². The van der Waals surface area contributed by atoms with E-state index in [9.17, 15) is 14.7 Å². The summed E-state index contributed by atoms with van der Waals surface area (Å²) in [5.74, 6) is -4.52. The van der Waals surface area contributed by atoms with Gasteiger partial charge in [0.2, 0.25) is 6.29 Å². The van der Waals surface area contributed by atoms with Crippen molar-refractivity contribution in [3.05, 3.63) is 0 Å². The molecular weight excluding hydrogens is 320 g/mol. The zero-order chi connectivity index (χ0) is 17.8. The van der Waals surface area contributed by atoms with Crippen LogP contribution in [0.4, 0.5) is 0 Å². The van der Waals surface area contributed by atoms with Gasteiger partial charge < -0.3 is 23.7 Å². The number of rotatable bonds is 3. The Morgan fingerprint density at radius 1 is 1.22 bits per heavy atom. The monoisotopic (exact) mass is 346 g/mol. The summed E-state index contributed by atoms with van der Waals surface area (Å²) < 4.78 is 22.9. The van der Waals surface area contributed by atoms with Crippen LogP contribution >= 0.6 is 0 Å². The summed E-state index contributed by atoms with van der Waals surface area (Å²) in [6.45, 7) is 13.6. The number of carbonyl (C=O) groups is 2. The van der Waals surface area contributed by atoms with Crippen molar-refractivity contribution in [2.45, 2.75) is 77.0 Å². The predicted octanol–water partition coefficient (Wildman–Crippen LogP) is 2.11. The minimum atomic E-state index is -2.24. The van der Waals surface area contributed by atoms with Crippen molar-refractivity contribution < 1.29 is 33.3 Å². The second kappa shape index (κ2) is 5.54. The first kappa shape index (κ1) is 18.4. The van der Waals surface area contributed by atoms with E-state index in [1.54, 1.807) is 13.8 Å². The van der Waals surface area contributed by atoms with Gasteiger partial charge in [-0.05, 0) is 32.0 Å². The summed E-state index contributed by atoms with van der Waals surface area (Å²) in [5, 5.41) is 9.22. The van der Waals surface area contributed by atoms with Crippen LogP contribution in [0, 0.1) is 5.92 Å². The molecular formula is C15H26O7Si. The van der Waals surface area contributed by atoms with Gasteiger partial charge in [0.25, 0.3) is 0 Å². The first-order valence-corrected chi connectivity index (χ1v) is 10.6. The first-order chi connectivity index (χ1) is 10.3. The van der Waals surface area contributed by atoms with Crippen molar-refractivity contribution in [2.24, 2.45) is 5.92 Å². The molecule has 0 aromatic rings. The molecule has 2 rings (SSSR count). The molecule has 0 amide bonds. The average Bonchev–Trinajstić information content (AvgIpc) is 2.61. The van der Waals surface area contributed by atoms with Crippen molar-refractivity contribution in [1.29, 1.82) is 0 Å². The molecule has 8 heteroatoms. The highest BCUT2D eigenvalue weighted by Gasteiger charge is 2.60. The van der Waals surface area contributed by atoms with Crippen molar-refractivity contribution in [3.63, 3.8) is 0 Å². The van der Waals surface area contributed by atoms with Crippen LogP contribution in [0.2, 0.25) is 18.1 Å². The van der Waals surface area contributed by atoms with Crippen LogP contribution in [0.25, 0.3) is 0 Å². The number of hydrogen-bond donors (Lipinski definition) is 1. The van der Waals surface area contributed by atoms with E-state index in [1.807, 2.05) is 13.1 Å². The van der Waals surface area contributed by atoms with Gasteiger partial charge >= 0.3 is 11.9 Å². The molecule has 4 atom stereocenters. The van der Waals surface area contributed by atoms with E-state index in [4.69, 9.17) is 18.6 Å². The fourth-order valence-corrected chi connectivity index (χ4v) is 3.59. The van der Waals surface area contributed by atoms with Gasteiger partial charge in [-0.2, -0.15) is 0 Å². The summed E-state index contributed by atoms with van der Waals surface area (Å²) in [5.41, 5.74) is 0. The molecule has 7 nitrogen and oxygen atoms in total. The van der Waals surface area contributed by atoms with Crippen LogP contribution < -0.4 is 0 Å². The fraction of sp³-hybridized carbons (Fsp3) is 0.867. The van der Waals surface area contributed by atoms with Gasteiger partial charge in [-0.25, -0.2) is 0 Å². The van der Waals surface area contributed by atoms with Gasteiger partial charge in [-0.15, -0.1) is 0 Å². The number of aliphatic carboxylic acids is 1. The van der Waals surface area contributed by atoms with Crippen molar-refractivity contribution in [3.8, 4) is 0 Å². The van der Waals surface area contributed by atoms with Gasteiger partial charge in [-0.1, -0.05) is 20.8 Å². The Balaban J connectivity index is 2.29. The molecule has 2 aliphatic rings. The van der Waals surface area contributed by atoms with Gasteiger partial charge in [0.15, 0.2) is 20.0 Å². The molecule has 132 valence electrons. The van der Waals surface area contributed by atoms with Crippen LogP contribution in [-0.4, -0.2) is 49.6 Å². The summed E-state index contributed by atoms with van der Waals surface area (Å²) in [7, 11) is -2.24. The third-order valence-electron chi connectivity index (χ3n) is 4.73. The van der Waals surface area contributed by atoms with Gasteiger partial charge in [0, 0.05) is 0 Å². The lowest BCUT2D eigenvalue weighted by Gasteiger charge is -2.42. The van der Waals surface area contributed by atoms with Crippen LogP contribution in [0.15, 0.2) is 0 Å². The highest BCUT2D eigenvalue weighted by atomic mass is 28.4. The minimum absolute atomic E-state index is 0.0898. The van der Waals surface area contributed by atoms with Gasteiger partial charge in [0.1, 0.15) is 12.2 Å². The summed E-state index contributed by atoms with van der Waals surface area (Å²) >= 11 is 0. The second-order valence-corrected chi connectivity index (χ2v) is 12.8. The Labute approximate surface area is 137 Å². The van der Waals surface area contributed by atoms with Gasteiger partial charge in [0.05, 0.1) is 0 Å². The Bertz CT molecular complexity index is 508. The SMILES string of the molecule is CC1(C)O[C@@H]2[C@H](O[Si](C)(C)C(C)(C)C)OC(=O)[C@@H](C(=O)O)[C@@H]2O1. The van der Waals surface area contributed by atoms with Crippen LogP contribution in [0.3, 0.4) is 0 Å². The van der Waals surface area contributed by atoms with Gasteiger partial charge in [-0.3, -0.25) is 9.59 Å². The number of carboxylic acid groups (broad SMARTS) is 1. The maximum absolute atomic E-state index is 12.1. The third kappa shape index (κ3) is 3.45. The lowest BCUT2D eigenvalue weighted by atomic mass is 9.95. The van der Waals surface area contributed by atoms with E-state index < -0.39 is 50.5 Å². The fourth-order valence-electron chi connectivity index (χ4n) is 2.47.